The Bertz CT molecular complexity index is 113. The summed E-state index contributed by atoms with van der Waals surface area (Å²) in [6.07, 6.45) is 10.3. The Morgan fingerprint density at radius 2 is 2.18 bits per heavy atom. The average Bonchev–Trinajstić information content (AvgIpc) is 2.01. The molecule has 0 aromatic rings. The van der Waals surface area contributed by atoms with Crippen LogP contribution in [0.4, 0.5) is 0 Å². The van der Waals surface area contributed by atoms with Gasteiger partial charge in [-0.25, -0.2) is 0 Å². The molecular weight excluding hydrogens is 134 g/mol. The summed E-state index contributed by atoms with van der Waals surface area (Å²) in [5.41, 5.74) is 0. The van der Waals surface area contributed by atoms with Crippen molar-refractivity contribution in [1.29, 1.82) is 0 Å². The Labute approximate surface area is 70.6 Å². The molecule has 64 valence electrons. The molecule has 0 unspecified atom stereocenters. The van der Waals surface area contributed by atoms with Gasteiger partial charge >= 0.3 is 0 Å². The van der Waals surface area contributed by atoms with E-state index in [0.29, 0.717) is 12.6 Å². The molecule has 0 rings (SSSR count). The van der Waals surface area contributed by atoms with E-state index in [0.717, 1.165) is 0 Å². The molecule has 0 saturated heterocycles. The topological polar surface area (TPSA) is 12.0 Å². The molecule has 0 aliphatic carbocycles. The summed E-state index contributed by atoms with van der Waals surface area (Å²) in [5.74, 6) is 2.58. The summed E-state index contributed by atoms with van der Waals surface area (Å²) < 4.78 is 0. The van der Waals surface area contributed by atoms with Crippen LogP contribution in [0.2, 0.25) is 0 Å². The van der Waals surface area contributed by atoms with E-state index in [1.807, 2.05) is 0 Å². The van der Waals surface area contributed by atoms with Crippen molar-refractivity contribution in [3.05, 3.63) is 0 Å². The van der Waals surface area contributed by atoms with Crippen molar-refractivity contribution in [1.82, 2.24) is 5.32 Å². The Kier molecular flexibility index (Phi) is 7.29. The van der Waals surface area contributed by atoms with Crippen LogP contribution in [0.15, 0.2) is 0 Å². The molecular formula is C10H19N. The minimum Gasteiger partial charge on any atom is -0.304 e. The van der Waals surface area contributed by atoms with Crippen LogP contribution in [0.25, 0.3) is 0 Å². The Morgan fingerprint density at radius 3 is 2.73 bits per heavy atom. The van der Waals surface area contributed by atoms with Gasteiger partial charge < -0.3 is 5.32 Å². The van der Waals surface area contributed by atoms with Crippen LogP contribution >= 0.6 is 0 Å². The fourth-order valence-electron chi connectivity index (χ4n) is 1.04. The Morgan fingerprint density at radius 1 is 1.45 bits per heavy atom. The first kappa shape index (κ1) is 10.5. The maximum atomic E-state index is 5.12. The van der Waals surface area contributed by atoms with Crippen LogP contribution in [0, 0.1) is 12.3 Å². The first-order valence-electron chi connectivity index (χ1n) is 4.48. The summed E-state index contributed by atoms with van der Waals surface area (Å²) in [5, 5.41) is 3.26. The molecule has 0 bridgehead atoms. The SMILES string of the molecule is C#CCN[C@H](C)CCCCC. The first-order valence-corrected chi connectivity index (χ1v) is 4.48. The molecule has 0 saturated carbocycles. The average molecular weight is 153 g/mol. The highest BCUT2D eigenvalue weighted by Gasteiger charge is 1.97. The maximum absolute atomic E-state index is 5.12. The largest absolute Gasteiger partial charge is 0.304 e. The minimum atomic E-state index is 0.581. The van der Waals surface area contributed by atoms with Crippen LogP contribution in [-0.2, 0) is 0 Å². The van der Waals surface area contributed by atoms with Crippen molar-refractivity contribution in [2.24, 2.45) is 0 Å². The number of nitrogens with one attached hydrogen (secondary N) is 1. The van der Waals surface area contributed by atoms with E-state index in [9.17, 15) is 0 Å². The highest BCUT2D eigenvalue weighted by Crippen LogP contribution is 2.01. The Hall–Kier alpha value is -0.480. The van der Waals surface area contributed by atoms with E-state index in [1.165, 1.54) is 25.7 Å². The van der Waals surface area contributed by atoms with E-state index in [-0.39, 0.29) is 0 Å². The van der Waals surface area contributed by atoms with Gasteiger partial charge in [-0.1, -0.05) is 32.1 Å². The second-order valence-corrected chi connectivity index (χ2v) is 2.98. The second kappa shape index (κ2) is 7.63. The number of unbranched alkanes of at least 4 members (excludes halogenated alkanes) is 2. The third kappa shape index (κ3) is 7.42. The van der Waals surface area contributed by atoms with Crippen LogP contribution in [0.5, 0.6) is 0 Å². The lowest BCUT2D eigenvalue weighted by Gasteiger charge is -2.10. The fourth-order valence-corrected chi connectivity index (χ4v) is 1.04. The van der Waals surface area contributed by atoms with Gasteiger partial charge in [0.1, 0.15) is 0 Å². The molecule has 0 amide bonds. The zero-order valence-corrected chi connectivity index (χ0v) is 7.69. The van der Waals surface area contributed by atoms with Gasteiger partial charge in [-0.15, -0.1) is 6.42 Å². The lowest BCUT2D eigenvalue weighted by atomic mass is 10.1. The van der Waals surface area contributed by atoms with E-state index in [4.69, 9.17) is 6.42 Å². The third-order valence-corrected chi connectivity index (χ3v) is 1.79. The number of hydrogen-bond donors (Lipinski definition) is 1. The van der Waals surface area contributed by atoms with E-state index < -0.39 is 0 Å². The molecule has 1 atom stereocenters. The molecule has 1 heteroatoms. The first-order chi connectivity index (χ1) is 5.31. The summed E-state index contributed by atoms with van der Waals surface area (Å²) in [7, 11) is 0. The molecule has 0 radical (unpaired) electrons. The van der Waals surface area contributed by atoms with Crippen molar-refractivity contribution in [3.63, 3.8) is 0 Å². The monoisotopic (exact) mass is 153 g/mol. The van der Waals surface area contributed by atoms with E-state index in [2.05, 4.69) is 25.1 Å². The van der Waals surface area contributed by atoms with Gasteiger partial charge in [-0.2, -0.15) is 0 Å². The van der Waals surface area contributed by atoms with Gasteiger partial charge in [0.05, 0.1) is 6.54 Å². The van der Waals surface area contributed by atoms with E-state index in [1.54, 1.807) is 0 Å². The summed E-state index contributed by atoms with van der Waals surface area (Å²) in [6, 6.07) is 0.581. The molecule has 0 aromatic carbocycles. The molecule has 0 heterocycles. The van der Waals surface area contributed by atoms with Crippen molar-refractivity contribution >= 4 is 0 Å². The van der Waals surface area contributed by atoms with Gasteiger partial charge in [0.25, 0.3) is 0 Å². The lowest BCUT2D eigenvalue weighted by Crippen LogP contribution is -2.25. The van der Waals surface area contributed by atoms with Crippen molar-refractivity contribution < 1.29 is 0 Å². The predicted molar refractivity (Wildman–Crippen MR) is 50.4 cm³/mol. The van der Waals surface area contributed by atoms with Crippen LogP contribution in [-0.4, -0.2) is 12.6 Å². The van der Waals surface area contributed by atoms with Crippen LogP contribution in [0.1, 0.15) is 39.5 Å². The zero-order valence-electron chi connectivity index (χ0n) is 7.69. The molecule has 0 fully saturated rings. The van der Waals surface area contributed by atoms with Crippen molar-refractivity contribution in [2.45, 2.75) is 45.6 Å². The number of terminal acetylenes is 1. The minimum absolute atomic E-state index is 0.581. The smallest absolute Gasteiger partial charge is 0.0575 e. The maximum Gasteiger partial charge on any atom is 0.0575 e. The molecule has 1 nitrogen and oxygen atoms in total. The molecule has 0 aliphatic rings. The van der Waals surface area contributed by atoms with Gasteiger partial charge in [0.15, 0.2) is 0 Å². The van der Waals surface area contributed by atoms with Gasteiger partial charge in [0.2, 0.25) is 0 Å². The van der Waals surface area contributed by atoms with Crippen LogP contribution < -0.4 is 5.32 Å². The van der Waals surface area contributed by atoms with E-state index >= 15 is 0 Å². The van der Waals surface area contributed by atoms with Crippen LogP contribution in [0.3, 0.4) is 0 Å². The quantitative estimate of drug-likeness (QED) is 0.455. The fraction of sp³-hybridized carbons (Fsp3) is 0.800. The van der Waals surface area contributed by atoms with Gasteiger partial charge in [0, 0.05) is 6.04 Å². The summed E-state index contributed by atoms with van der Waals surface area (Å²) in [4.78, 5) is 0. The zero-order chi connectivity index (χ0) is 8.53. The standard InChI is InChI=1S/C10H19N/c1-4-6-7-8-10(3)11-9-5-2/h2,10-11H,4,6-9H2,1,3H3/t10-/m1/s1. The molecule has 0 spiro atoms. The highest BCUT2D eigenvalue weighted by molar-refractivity contribution is 4.87. The molecule has 0 aliphatic heterocycles. The van der Waals surface area contributed by atoms with Gasteiger partial charge in [-0.05, 0) is 13.3 Å². The number of hydrogen-bond acceptors (Lipinski definition) is 1. The van der Waals surface area contributed by atoms with Gasteiger partial charge in [-0.3, -0.25) is 0 Å². The summed E-state index contributed by atoms with van der Waals surface area (Å²) in [6.45, 7) is 5.11. The van der Waals surface area contributed by atoms with Crippen molar-refractivity contribution in [3.8, 4) is 12.3 Å². The molecule has 11 heavy (non-hydrogen) atoms. The molecule has 0 aromatic heterocycles. The predicted octanol–water partition coefficient (Wildman–Crippen LogP) is 2.18. The second-order valence-electron chi connectivity index (χ2n) is 2.98. The van der Waals surface area contributed by atoms with Crippen molar-refractivity contribution in [2.75, 3.05) is 6.54 Å². The Balaban J connectivity index is 3.10. The number of rotatable bonds is 6. The highest BCUT2D eigenvalue weighted by atomic mass is 14.9. The normalized spacial score (nSPS) is 12.5. The lowest BCUT2D eigenvalue weighted by molar-refractivity contribution is 0.512. The summed E-state index contributed by atoms with van der Waals surface area (Å²) >= 11 is 0. The third-order valence-electron chi connectivity index (χ3n) is 1.79. The molecule has 1 N–H and O–H groups in total.